The van der Waals surface area contributed by atoms with Crippen molar-refractivity contribution in [3.8, 4) is 0 Å². The van der Waals surface area contributed by atoms with Crippen LogP contribution in [0.1, 0.15) is 19.3 Å². The lowest BCUT2D eigenvalue weighted by Gasteiger charge is -2.31. The molecule has 0 spiro atoms. The van der Waals surface area contributed by atoms with Crippen LogP contribution in [0.3, 0.4) is 0 Å². The fourth-order valence-electron chi connectivity index (χ4n) is 3.22. The van der Waals surface area contributed by atoms with Crippen molar-refractivity contribution in [2.45, 2.75) is 43.6 Å². The molecule has 0 aromatic carbocycles. The molecule has 3 aliphatic rings. The van der Waals surface area contributed by atoms with Crippen molar-refractivity contribution in [2.75, 3.05) is 19.6 Å². The number of nitrogens with one attached hydrogen (secondary N) is 2. The normalized spacial score (nSPS) is 32.8. The summed E-state index contributed by atoms with van der Waals surface area (Å²) in [7, 11) is -4.84. The van der Waals surface area contributed by atoms with Crippen molar-refractivity contribution < 1.29 is 36.1 Å². The number of halogens is 1. The lowest BCUT2D eigenvalue weighted by atomic mass is 10.0. The molecule has 3 aliphatic heterocycles. The van der Waals surface area contributed by atoms with E-state index < -0.39 is 46.7 Å². The molecule has 0 aromatic rings. The monoisotopic (exact) mass is 382 g/mol. The third kappa shape index (κ3) is 4.00. The highest BCUT2D eigenvalue weighted by molar-refractivity contribution is 7.80. The van der Waals surface area contributed by atoms with Gasteiger partial charge in [-0.3, -0.25) is 14.2 Å². The highest BCUT2D eigenvalue weighted by atomic mass is 32.3. The Hall–Kier alpha value is -1.54. The van der Waals surface area contributed by atoms with E-state index in [-0.39, 0.29) is 25.9 Å². The highest BCUT2D eigenvalue weighted by Crippen LogP contribution is 2.30. The van der Waals surface area contributed by atoms with Crippen molar-refractivity contribution in [1.29, 1.82) is 0 Å². The van der Waals surface area contributed by atoms with Crippen LogP contribution in [0.15, 0.2) is 0 Å². The van der Waals surface area contributed by atoms with E-state index in [1.54, 1.807) is 0 Å². The van der Waals surface area contributed by atoms with Crippen LogP contribution >= 0.6 is 0 Å². The summed E-state index contributed by atoms with van der Waals surface area (Å²) < 4.78 is 48.3. The van der Waals surface area contributed by atoms with E-state index in [0.717, 1.165) is 4.90 Å². The number of urea groups is 1. The summed E-state index contributed by atoms with van der Waals surface area (Å²) in [6.07, 6.45) is -1.20. The molecule has 13 heteroatoms. The first-order valence-corrected chi connectivity index (χ1v) is 9.20. The zero-order valence-electron chi connectivity index (χ0n) is 13.1. The number of alkyl halides is 1. The predicted octanol–water partition coefficient (Wildman–Crippen LogP) is -1.26. The van der Waals surface area contributed by atoms with E-state index in [0.29, 0.717) is 18.0 Å². The van der Waals surface area contributed by atoms with Crippen LogP contribution in [0.2, 0.25) is 0 Å². The summed E-state index contributed by atoms with van der Waals surface area (Å²) in [6.45, 7) is 0.862. The van der Waals surface area contributed by atoms with Crippen molar-refractivity contribution in [3.05, 3.63) is 0 Å². The van der Waals surface area contributed by atoms with Gasteiger partial charge in [0.05, 0.1) is 6.04 Å². The van der Waals surface area contributed by atoms with Gasteiger partial charge in [0, 0.05) is 13.1 Å². The van der Waals surface area contributed by atoms with Crippen LogP contribution < -0.4 is 10.8 Å². The molecule has 3 N–H and O–H groups in total. The standard InChI is InChI=1S/C12H19FN4O7S/c13-8-3-4-14-5-10(8)23-15-11(18)9-2-1-7-6-16(9)12(19)17(7)24-25(20,21)22/h7-10,14H,1-6H2,(H,15,18)(H,20,21,22)/t7?,8?,9-,10?/m0/s1. The maximum Gasteiger partial charge on any atom is 0.418 e. The first kappa shape index (κ1) is 18.3. The highest BCUT2D eigenvalue weighted by Gasteiger charge is 2.49. The SMILES string of the molecule is O=C(NOC1CNCCC1F)[C@@H]1CCC2CN1C(=O)N2OS(=O)(=O)O. The first-order chi connectivity index (χ1) is 11.8. The third-order valence-corrected chi connectivity index (χ3v) is 4.81. The van der Waals surface area contributed by atoms with Gasteiger partial charge in [0.1, 0.15) is 18.3 Å². The Labute approximate surface area is 143 Å². The second kappa shape index (κ2) is 6.99. The Morgan fingerprint density at radius 2 is 2.12 bits per heavy atom. The second-order valence-corrected chi connectivity index (χ2v) is 7.15. The largest absolute Gasteiger partial charge is 0.418 e. The molecular formula is C12H19FN4O7S. The van der Waals surface area contributed by atoms with Gasteiger partial charge >= 0.3 is 16.4 Å². The molecular weight excluding hydrogens is 363 g/mol. The van der Waals surface area contributed by atoms with Gasteiger partial charge in [-0.2, -0.15) is 13.5 Å². The minimum Gasteiger partial charge on any atom is -0.314 e. The quantitative estimate of drug-likeness (QED) is 0.396. The smallest absolute Gasteiger partial charge is 0.314 e. The molecule has 0 radical (unpaired) electrons. The van der Waals surface area contributed by atoms with Crippen molar-refractivity contribution in [1.82, 2.24) is 20.8 Å². The average molecular weight is 382 g/mol. The van der Waals surface area contributed by atoms with Gasteiger partial charge in [-0.1, -0.05) is 0 Å². The Balaban J connectivity index is 1.58. The van der Waals surface area contributed by atoms with Gasteiger partial charge in [0.15, 0.2) is 0 Å². The van der Waals surface area contributed by atoms with Gasteiger partial charge in [0.2, 0.25) is 0 Å². The van der Waals surface area contributed by atoms with Gasteiger partial charge in [-0.15, -0.1) is 4.28 Å². The molecule has 11 nitrogen and oxygen atoms in total. The lowest BCUT2D eigenvalue weighted by Crippen LogP contribution is -2.52. The Bertz CT molecular complexity index is 647. The summed E-state index contributed by atoms with van der Waals surface area (Å²) >= 11 is 0. The van der Waals surface area contributed by atoms with Crippen LogP contribution in [-0.2, 0) is 24.3 Å². The number of rotatable bonds is 5. The van der Waals surface area contributed by atoms with E-state index >= 15 is 0 Å². The number of nitrogens with zero attached hydrogens (tertiary/aromatic N) is 2. The molecule has 0 aliphatic carbocycles. The minimum absolute atomic E-state index is 0.0726. The summed E-state index contributed by atoms with van der Waals surface area (Å²) in [5.74, 6) is -0.627. The van der Waals surface area contributed by atoms with Crippen LogP contribution in [0.4, 0.5) is 9.18 Å². The molecule has 142 valence electrons. The van der Waals surface area contributed by atoms with Crippen molar-refractivity contribution >= 4 is 22.3 Å². The summed E-state index contributed by atoms with van der Waals surface area (Å²) in [5, 5.41) is 3.49. The van der Waals surface area contributed by atoms with E-state index in [1.807, 2.05) is 0 Å². The molecule has 2 bridgehead atoms. The topological polar surface area (TPSA) is 138 Å². The van der Waals surface area contributed by atoms with E-state index in [1.165, 1.54) is 0 Å². The van der Waals surface area contributed by atoms with Gasteiger partial charge in [-0.05, 0) is 25.8 Å². The number of hydroxylamine groups is 3. The molecule has 3 heterocycles. The lowest BCUT2D eigenvalue weighted by molar-refractivity contribution is -0.148. The molecule has 4 atom stereocenters. The number of carbonyl (C=O) groups excluding carboxylic acids is 2. The number of carbonyl (C=O) groups is 2. The number of piperidine rings is 2. The predicted molar refractivity (Wildman–Crippen MR) is 78.8 cm³/mol. The molecule has 0 aromatic heterocycles. The zero-order valence-corrected chi connectivity index (χ0v) is 13.9. The average Bonchev–Trinajstić information content (AvgIpc) is 2.77. The molecule has 0 saturated carbocycles. The maximum atomic E-state index is 13.7. The summed E-state index contributed by atoms with van der Waals surface area (Å²) in [6, 6.07) is -2.33. The number of amides is 3. The summed E-state index contributed by atoms with van der Waals surface area (Å²) in [4.78, 5) is 30.7. The molecule has 3 rings (SSSR count). The van der Waals surface area contributed by atoms with Crippen molar-refractivity contribution in [3.63, 3.8) is 0 Å². The molecule has 3 unspecified atom stereocenters. The van der Waals surface area contributed by atoms with Crippen LogP contribution in [0.25, 0.3) is 0 Å². The molecule has 25 heavy (non-hydrogen) atoms. The van der Waals surface area contributed by atoms with E-state index in [2.05, 4.69) is 15.1 Å². The van der Waals surface area contributed by atoms with E-state index in [4.69, 9.17) is 9.39 Å². The molecule has 3 saturated heterocycles. The van der Waals surface area contributed by atoms with Crippen molar-refractivity contribution in [2.24, 2.45) is 0 Å². The number of hydrogen-bond acceptors (Lipinski definition) is 7. The van der Waals surface area contributed by atoms with Gasteiger partial charge in [-0.25, -0.2) is 14.7 Å². The Morgan fingerprint density at radius 1 is 1.36 bits per heavy atom. The fraction of sp³-hybridized carbons (Fsp3) is 0.833. The zero-order chi connectivity index (χ0) is 18.2. The number of fused-ring (bicyclic) bond motifs is 2. The Kier molecular flexibility index (Phi) is 5.11. The minimum atomic E-state index is -4.84. The fourth-order valence-corrected chi connectivity index (χ4v) is 3.61. The van der Waals surface area contributed by atoms with Crippen LogP contribution in [0.5, 0.6) is 0 Å². The van der Waals surface area contributed by atoms with Crippen LogP contribution in [0, 0.1) is 0 Å². The van der Waals surface area contributed by atoms with E-state index in [9.17, 15) is 22.4 Å². The van der Waals surface area contributed by atoms with Crippen LogP contribution in [-0.4, -0.2) is 78.9 Å². The first-order valence-electron chi connectivity index (χ1n) is 7.83. The summed E-state index contributed by atoms with van der Waals surface area (Å²) in [5.41, 5.74) is 2.18. The number of hydrogen-bond donors (Lipinski definition) is 3. The molecule has 3 fully saturated rings. The molecule has 3 amide bonds. The van der Waals surface area contributed by atoms with Gasteiger partial charge < -0.3 is 10.2 Å². The Morgan fingerprint density at radius 3 is 2.80 bits per heavy atom. The van der Waals surface area contributed by atoms with Gasteiger partial charge in [0.25, 0.3) is 5.91 Å². The second-order valence-electron chi connectivity index (χ2n) is 6.14. The third-order valence-electron chi connectivity index (χ3n) is 4.46. The maximum absolute atomic E-state index is 13.7.